The second-order valence-corrected chi connectivity index (χ2v) is 6.44. The van der Waals surface area contributed by atoms with E-state index in [1.54, 1.807) is 34.9 Å². The fourth-order valence-electron chi connectivity index (χ4n) is 2.68. The molecule has 1 aliphatic heterocycles. The third-order valence-electron chi connectivity index (χ3n) is 3.74. The van der Waals surface area contributed by atoms with E-state index in [0.29, 0.717) is 51.5 Å². The molecular weight excluding hydrogens is 348 g/mol. The molecule has 0 atom stereocenters. The molecule has 0 bridgehead atoms. The first kappa shape index (κ1) is 15.4. The zero-order valence-corrected chi connectivity index (χ0v) is 14.4. The SMILES string of the molecule is CSc1nc2cc3c(cc2n1C(=O)c1cccc(Cl)c1)OCCO3. The summed E-state index contributed by atoms with van der Waals surface area (Å²) in [5.41, 5.74) is 1.89. The lowest BCUT2D eigenvalue weighted by molar-refractivity contribution is 0.0955. The summed E-state index contributed by atoms with van der Waals surface area (Å²) in [6.45, 7) is 1.00. The molecule has 4 rings (SSSR count). The minimum Gasteiger partial charge on any atom is -0.486 e. The Labute approximate surface area is 147 Å². The van der Waals surface area contributed by atoms with Crippen molar-refractivity contribution in [2.75, 3.05) is 19.5 Å². The average molecular weight is 361 g/mol. The molecule has 7 heteroatoms. The molecule has 0 fully saturated rings. The van der Waals surface area contributed by atoms with Crippen LogP contribution in [0.5, 0.6) is 11.5 Å². The summed E-state index contributed by atoms with van der Waals surface area (Å²) in [4.78, 5) is 17.5. The molecule has 24 heavy (non-hydrogen) atoms. The van der Waals surface area contributed by atoms with Crippen LogP contribution < -0.4 is 9.47 Å². The predicted molar refractivity (Wildman–Crippen MR) is 93.7 cm³/mol. The normalized spacial score (nSPS) is 13.2. The van der Waals surface area contributed by atoms with Crippen LogP contribution in [0.25, 0.3) is 11.0 Å². The average Bonchev–Trinajstić information content (AvgIpc) is 2.96. The number of benzene rings is 2. The van der Waals surface area contributed by atoms with Crippen molar-refractivity contribution < 1.29 is 14.3 Å². The van der Waals surface area contributed by atoms with E-state index < -0.39 is 0 Å². The minimum absolute atomic E-state index is 0.180. The van der Waals surface area contributed by atoms with E-state index in [-0.39, 0.29) is 5.91 Å². The van der Waals surface area contributed by atoms with Crippen molar-refractivity contribution in [3.63, 3.8) is 0 Å². The number of nitrogens with zero attached hydrogens (tertiary/aromatic N) is 2. The van der Waals surface area contributed by atoms with Crippen molar-refractivity contribution >= 4 is 40.3 Å². The first-order valence-corrected chi connectivity index (χ1v) is 8.94. The Hall–Kier alpha value is -2.18. The molecular formula is C17H13ClN2O3S. The molecule has 0 amide bonds. The lowest BCUT2D eigenvalue weighted by Gasteiger charge is -2.18. The Morgan fingerprint density at radius 2 is 1.96 bits per heavy atom. The number of aromatic nitrogens is 2. The predicted octanol–water partition coefficient (Wildman–Crippen LogP) is 3.87. The fourth-order valence-corrected chi connectivity index (χ4v) is 3.42. The van der Waals surface area contributed by atoms with E-state index >= 15 is 0 Å². The summed E-state index contributed by atoms with van der Waals surface area (Å²) in [7, 11) is 0. The number of thioether (sulfide) groups is 1. The maximum absolute atomic E-state index is 13.0. The van der Waals surface area contributed by atoms with Crippen LogP contribution in [-0.2, 0) is 0 Å². The van der Waals surface area contributed by atoms with E-state index in [1.165, 1.54) is 11.8 Å². The van der Waals surface area contributed by atoms with Gasteiger partial charge in [0.2, 0.25) is 0 Å². The number of rotatable bonds is 2. The fraction of sp³-hybridized carbons (Fsp3) is 0.176. The number of carbonyl (C=O) groups excluding carboxylic acids is 1. The van der Waals surface area contributed by atoms with Crippen LogP contribution in [-0.4, -0.2) is 34.9 Å². The van der Waals surface area contributed by atoms with Crippen LogP contribution >= 0.6 is 23.4 Å². The number of hydrogen-bond acceptors (Lipinski definition) is 5. The third-order valence-corrected chi connectivity index (χ3v) is 4.62. The minimum atomic E-state index is -0.180. The van der Waals surface area contributed by atoms with Crippen molar-refractivity contribution in [2.45, 2.75) is 5.16 Å². The van der Waals surface area contributed by atoms with Gasteiger partial charge in [0, 0.05) is 22.7 Å². The van der Waals surface area contributed by atoms with E-state index in [0.717, 1.165) is 0 Å². The molecule has 1 aliphatic rings. The highest BCUT2D eigenvalue weighted by atomic mass is 35.5. The van der Waals surface area contributed by atoms with E-state index in [9.17, 15) is 4.79 Å². The van der Waals surface area contributed by atoms with Gasteiger partial charge < -0.3 is 9.47 Å². The molecule has 3 aromatic rings. The summed E-state index contributed by atoms with van der Waals surface area (Å²) < 4.78 is 12.8. The van der Waals surface area contributed by atoms with Crippen LogP contribution in [0.4, 0.5) is 0 Å². The van der Waals surface area contributed by atoms with Gasteiger partial charge in [-0.05, 0) is 24.5 Å². The Morgan fingerprint density at radius 3 is 2.67 bits per heavy atom. The number of hydrogen-bond donors (Lipinski definition) is 0. The van der Waals surface area contributed by atoms with Crippen LogP contribution in [0.2, 0.25) is 5.02 Å². The topological polar surface area (TPSA) is 53.4 Å². The number of fused-ring (bicyclic) bond motifs is 2. The standard InChI is InChI=1S/C17H13ClN2O3S/c1-24-17-19-12-8-14-15(23-6-5-22-14)9-13(12)20(17)16(21)10-3-2-4-11(18)7-10/h2-4,7-9H,5-6H2,1H3. The van der Waals surface area contributed by atoms with Crippen molar-refractivity contribution in [1.29, 1.82) is 0 Å². The molecule has 0 spiro atoms. The van der Waals surface area contributed by atoms with Gasteiger partial charge >= 0.3 is 0 Å². The lowest BCUT2D eigenvalue weighted by atomic mass is 10.2. The quantitative estimate of drug-likeness (QED) is 0.649. The van der Waals surface area contributed by atoms with Crippen molar-refractivity contribution in [1.82, 2.24) is 9.55 Å². The van der Waals surface area contributed by atoms with Gasteiger partial charge in [-0.2, -0.15) is 0 Å². The van der Waals surface area contributed by atoms with Gasteiger partial charge in [0.05, 0.1) is 11.0 Å². The van der Waals surface area contributed by atoms with Gasteiger partial charge in [-0.25, -0.2) is 4.98 Å². The number of carbonyl (C=O) groups is 1. The highest BCUT2D eigenvalue weighted by molar-refractivity contribution is 7.98. The number of imidazole rings is 1. The molecule has 122 valence electrons. The molecule has 0 saturated heterocycles. The molecule has 5 nitrogen and oxygen atoms in total. The summed E-state index contributed by atoms with van der Waals surface area (Å²) in [6.07, 6.45) is 1.88. The number of halogens is 1. The zero-order valence-electron chi connectivity index (χ0n) is 12.8. The van der Waals surface area contributed by atoms with Crippen molar-refractivity contribution in [2.24, 2.45) is 0 Å². The summed E-state index contributed by atoms with van der Waals surface area (Å²) in [5, 5.41) is 1.13. The highest BCUT2D eigenvalue weighted by Crippen LogP contribution is 2.36. The second kappa shape index (κ2) is 6.03. The van der Waals surface area contributed by atoms with Gasteiger partial charge in [-0.3, -0.25) is 9.36 Å². The summed E-state index contributed by atoms with van der Waals surface area (Å²) in [6, 6.07) is 10.5. The van der Waals surface area contributed by atoms with Gasteiger partial charge in [0.25, 0.3) is 5.91 Å². The molecule has 1 aromatic heterocycles. The van der Waals surface area contributed by atoms with Crippen LogP contribution in [0.1, 0.15) is 10.4 Å². The monoisotopic (exact) mass is 360 g/mol. The van der Waals surface area contributed by atoms with E-state index in [2.05, 4.69) is 4.98 Å². The van der Waals surface area contributed by atoms with Crippen LogP contribution in [0, 0.1) is 0 Å². The Bertz CT molecular complexity index is 954. The van der Waals surface area contributed by atoms with Crippen molar-refractivity contribution in [3.05, 3.63) is 47.0 Å². The first-order chi connectivity index (χ1) is 11.7. The Morgan fingerprint density at radius 1 is 1.21 bits per heavy atom. The van der Waals surface area contributed by atoms with E-state index in [4.69, 9.17) is 21.1 Å². The van der Waals surface area contributed by atoms with E-state index in [1.807, 2.05) is 12.3 Å². The van der Waals surface area contributed by atoms with Crippen LogP contribution in [0.3, 0.4) is 0 Å². The number of ether oxygens (including phenoxy) is 2. The van der Waals surface area contributed by atoms with Gasteiger partial charge in [0.15, 0.2) is 16.7 Å². The largest absolute Gasteiger partial charge is 0.486 e. The molecule has 2 heterocycles. The first-order valence-electron chi connectivity index (χ1n) is 7.34. The van der Waals surface area contributed by atoms with Gasteiger partial charge in [-0.1, -0.05) is 29.4 Å². The van der Waals surface area contributed by atoms with Crippen molar-refractivity contribution in [3.8, 4) is 11.5 Å². The summed E-state index contributed by atoms with van der Waals surface area (Å²) >= 11 is 7.43. The Balaban J connectivity index is 1.91. The molecule has 2 aromatic carbocycles. The molecule has 0 radical (unpaired) electrons. The lowest BCUT2D eigenvalue weighted by Crippen LogP contribution is -2.16. The zero-order chi connectivity index (χ0) is 16.7. The smallest absolute Gasteiger partial charge is 0.264 e. The second-order valence-electron chi connectivity index (χ2n) is 5.23. The molecule has 0 saturated carbocycles. The molecule has 0 N–H and O–H groups in total. The maximum Gasteiger partial charge on any atom is 0.264 e. The van der Waals surface area contributed by atoms with Crippen LogP contribution in [0.15, 0.2) is 41.6 Å². The molecule has 0 aliphatic carbocycles. The van der Waals surface area contributed by atoms with Gasteiger partial charge in [-0.15, -0.1) is 0 Å². The third kappa shape index (κ3) is 2.52. The summed E-state index contributed by atoms with van der Waals surface area (Å²) in [5.74, 6) is 1.10. The molecule has 0 unspecified atom stereocenters. The highest BCUT2D eigenvalue weighted by Gasteiger charge is 2.22. The maximum atomic E-state index is 13.0. The Kier molecular flexibility index (Phi) is 3.86. The van der Waals surface area contributed by atoms with Gasteiger partial charge in [0.1, 0.15) is 13.2 Å².